The van der Waals surface area contributed by atoms with Crippen molar-refractivity contribution < 1.29 is 0 Å². The normalized spacial score (nSPS) is 12.4. The summed E-state index contributed by atoms with van der Waals surface area (Å²) in [6, 6.07) is 17.7. The van der Waals surface area contributed by atoms with Gasteiger partial charge in [0.25, 0.3) is 0 Å². The molecule has 2 aromatic carbocycles. The van der Waals surface area contributed by atoms with Gasteiger partial charge < -0.3 is 5.32 Å². The van der Waals surface area contributed by atoms with Crippen LogP contribution >= 0.6 is 0 Å². The Balaban J connectivity index is 2.24. The lowest BCUT2D eigenvalue weighted by molar-refractivity contribution is 0.734. The molecule has 0 saturated heterocycles. The third-order valence-electron chi connectivity index (χ3n) is 3.73. The fraction of sp³-hybridized carbons (Fsp3) is 0.333. The van der Waals surface area contributed by atoms with E-state index < -0.39 is 0 Å². The molecular formula is C18H23N. The molecule has 1 nitrogen and oxygen atoms in total. The van der Waals surface area contributed by atoms with E-state index in [-0.39, 0.29) is 0 Å². The van der Waals surface area contributed by atoms with Crippen molar-refractivity contribution in [2.24, 2.45) is 0 Å². The van der Waals surface area contributed by atoms with Crippen LogP contribution in [0.3, 0.4) is 0 Å². The molecule has 0 spiro atoms. The molecule has 0 aromatic heterocycles. The maximum Gasteiger partial charge on any atom is 0.0202 e. The topological polar surface area (TPSA) is 12.0 Å². The summed E-state index contributed by atoms with van der Waals surface area (Å²) in [5.41, 5.74) is 5.34. The van der Waals surface area contributed by atoms with Gasteiger partial charge in [0.05, 0.1) is 0 Å². The minimum atomic E-state index is 0.643. The smallest absolute Gasteiger partial charge is 0.0202 e. The fourth-order valence-corrected chi connectivity index (χ4v) is 2.30. The summed E-state index contributed by atoms with van der Waals surface area (Å²) in [4.78, 5) is 0. The molecule has 1 N–H and O–H groups in total. The molecule has 2 aromatic rings. The first-order valence-electron chi connectivity index (χ1n) is 7.08. The monoisotopic (exact) mass is 253 g/mol. The molecule has 0 saturated carbocycles. The largest absolute Gasteiger partial charge is 0.316 e. The standard InChI is InChI=1S/C18H23N/c1-4-14(2)16-8-10-17(11-9-16)18-7-5-6-15(12-18)13-19-3/h5-12,14,19H,4,13H2,1-3H3. The Morgan fingerprint density at radius 3 is 2.37 bits per heavy atom. The zero-order valence-electron chi connectivity index (χ0n) is 12.1. The summed E-state index contributed by atoms with van der Waals surface area (Å²) >= 11 is 0. The van der Waals surface area contributed by atoms with Gasteiger partial charge in [-0.05, 0) is 47.7 Å². The zero-order valence-corrected chi connectivity index (χ0v) is 12.1. The molecule has 1 unspecified atom stereocenters. The highest BCUT2D eigenvalue weighted by atomic mass is 14.8. The first kappa shape index (κ1) is 13.8. The number of benzene rings is 2. The van der Waals surface area contributed by atoms with E-state index in [4.69, 9.17) is 0 Å². The highest BCUT2D eigenvalue weighted by Crippen LogP contribution is 2.24. The van der Waals surface area contributed by atoms with Crippen LogP contribution in [0.25, 0.3) is 11.1 Å². The van der Waals surface area contributed by atoms with Gasteiger partial charge in [-0.2, -0.15) is 0 Å². The quantitative estimate of drug-likeness (QED) is 0.822. The number of hydrogen-bond donors (Lipinski definition) is 1. The number of nitrogens with one attached hydrogen (secondary N) is 1. The van der Waals surface area contributed by atoms with Crippen molar-refractivity contribution in [3.8, 4) is 11.1 Å². The van der Waals surface area contributed by atoms with Gasteiger partial charge in [0, 0.05) is 6.54 Å². The maximum atomic E-state index is 3.19. The summed E-state index contributed by atoms with van der Waals surface area (Å²) in [6.45, 7) is 5.43. The minimum absolute atomic E-state index is 0.643. The van der Waals surface area contributed by atoms with Crippen LogP contribution in [-0.2, 0) is 6.54 Å². The molecule has 1 heteroatoms. The van der Waals surface area contributed by atoms with Crippen molar-refractivity contribution >= 4 is 0 Å². The highest BCUT2D eigenvalue weighted by Gasteiger charge is 2.04. The van der Waals surface area contributed by atoms with Crippen LogP contribution in [0.1, 0.15) is 37.3 Å². The Bertz CT molecular complexity index is 513. The molecule has 0 radical (unpaired) electrons. The van der Waals surface area contributed by atoms with Crippen LogP contribution in [0.4, 0.5) is 0 Å². The van der Waals surface area contributed by atoms with Crippen LogP contribution in [0, 0.1) is 0 Å². The van der Waals surface area contributed by atoms with E-state index in [1.807, 2.05) is 7.05 Å². The van der Waals surface area contributed by atoms with Gasteiger partial charge >= 0.3 is 0 Å². The predicted octanol–water partition coefficient (Wildman–Crippen LogP) is 4.59. The van der Waals surface area contributed by atoms with E-state index in [1.165, 1.54) is 28.7 Å². The number of rotatable bonds is 5. The van der Waals surface area contributed by atoms with Gasteiger partial charge in [0.15, 0.2) is 0 Å². The molecule has 0 bridgehead atoms. The minimum Gasteiger partial charge on any atom is -0.316 e. The Morgan fingerprint density at radius 1 is 1.00 bits per heavy atom. The average Bonchev–Trinajstić information content (AvgIpc) is 2.47. The molecule has 0 amide bonds. The Kier molecular flexibility index (Phi) is 4.75. The third-order valence-corrected chi connectivity index (χ3v) is 3.73. The summed E-state index contributed by atoms with van der Waals surface area (Å²) in [5.74, 6) is 0.643. The van der Waals surface area contributed by atoms with Crippen molar-refractivity contribution in [3.63, 3.8) is 0 Å². The summed E-state index contributed by atoms with van der Waals surface area (Å²) in [6.07, 6.45) is 1.19. The Hall–Kier alpha value is -1.60. The highest BCUT2D eigenvalue weighted by molar-refractivity contribution is 5.64. The molecule has 2 rings (SSSR count). The van der Waals surface area contributed by atoms with Crippen LogP contribution in [0.5, 0.6) is 0 Å². The van der Waals surface area contributed by atoms with Gasteiger partial charge in [0.2, 0.25) is 0 Å². The van der Waals surface area contributed by atoms with E-state index in [0.717, 1.165) is 6.54 Å². The van der Waals surface area contributed by atoms with Crippen molar-refractivity contribution in [1.29, 1.82) is 0 Å². The van der Waals surface area contributed by atoms with E-state index in [1.54, 1.807) is 0 Å². The average molecular weight is 253 g/mol. The Labute approximate surface area is 116 Å². The van der Waals surface area contributed by atoms with E-state index >= 15 is 0 Å². The van der Waals surface area contributed by atoms with Crippen LogP contribution < -0.4 is 5.32 Å². The maximum absolute atomic E-state index is 3.19. The first-order chi connectivity index (χ1) is 9.24. The molecule has 1 atom stereocenters. The summed E-state index contributed by atoms with van der Waals surface area (Å²) in [5, 5.41) is 3.19. The number of hydrogen-bond acceptors (Lipinski definition) is 1. The van der Waals surface area contributed by atoms with Gasteiger partial charge in [-0.25, -0.2) is 0 Å². The zero-order chi connectivity index (χ0) is 13.7. The predicted molar refractivity (Wildman–Crippen MR) is 83.3 cm³/mol. The molecule has 0 aliphatic rings. The second-order valence-electron chi connectivity index (χ2n) is 5.16. The summed E-state index contributed by atoms with van der Waals surface area (Å²) < 4.78 is 0. The van der Waals surface area contributed by atoms with Crippen molar-refractivity contribution in [1.82, 2.24) is 5.32 Å². The van der Waals surface area contributed by atoms with E-state index in [2.05, 4.69) is 67.7 Å². The molecule has 0 aliphatic heterocycles. The van der Waals surface area contributed by atoms with Gasteiger partial charge in [-0.15, -0.1) is 0 Å². The third kappa shape index (κ3) is 3.45. The molecule has 100 valence electrons. The van der Waals surface area contributed by atoms with Crippen LogP contribution in [0.2, 0.25) is 0 Å². The lowest BCUT2D eigenvalue weighted by Crippen LogP contribution is -2.04. The molecule has 0 fully saturated rings. The van der Waals surface area contributed by atoms with Crippen LogP contribution in [0.15, 0.2) is 48.5 Å². The summed E-state index contributed by atoms with van der Waals surface area (Å²) in [7, 11) is 1.98. The Morgan fingerprint density at radius 2 is 1.74 bits per heavy atom. The second-order valence-corrected chi connectivity index (χ2v) is 5.16. The van der Waals surface area contributed by atoms with Gasteiger partial charge in [0.1, 0.15) is 0 Å². The molecular weight excluding hydrogens is 230 g/mol. The lowest BCUT2D eigenvalue weighted by atomic mass is 9.95. The van der Waals surface area contributed by atoms with E-state index in [9.17, 15) is 0 Å². The van der Waals surface area contributed by atoms with Gasteiger partial charge in [-0.3, -0.25) is 0 Å². The molecule has 19 heavy (non-hydrogen) atoms. The van der Waals surface area contributed by atoms with Crippen molar-refractivity contribution in [3.05, 3.63) is 59.7 Å². The van der Waals surface area contributed by atoms with Crippen LogP contribution in [-0.4, -0.2) is 7.05 Å². The molecule has 0 heterocycles. The first-order valence-corrected chi connectivity index (χ1v) is 7.08. The second kappa shape index (κ2) is 6.53. The molecule has 0 aliphatic carbocycles. The van der Waals surface area contributed by atoms with Crippen molar-refractivity contribution in [2.75, 3.05) is 7.05 Å². The van der Waals surface area contributed by atoms with E-state index in [0.29, 0.717) is 5.92 Å². The van der Waals surface area contributed by atoms with Crippen molar-refractivity contribution in [2.45, 2.75) is 32.7 Å². The lowest BCUT2D eigenvalue weighted by Gasteiger charge is -2.10. The van der Waals surface area contributed by atoms with Gasteiger partial charge in [-0.1, -0.05) is 56.3 Å². The SMILES string of the molecule is CCC(C)c1ccc(-c2cccc(CNC)c2)cc1. The fourth-order valence-electron chi connectivity index (χ4n) is 2.30.